The van der Waals surface area contributed by atoms with Crippen molar-refractivity contribution < 1.29 is 9.47 Å². The first-order valence-electron chi connectivity index (χ1n) is 8.36. The first-order valence-corrected chi connectivity index (χ1v) is 8.36. The van der Waals surface area contributed by atoms with Crippen molar-refractivity contribution in [3.8, 4) is 5.75 Å². The van der Waals surface area contributed by atoms with Crippen LogP contribution in [0, 0.1) is 0 Å². The number of fused-ring (bicyclic) bond motifs is 2. The van der Waals surface area contributed by atoms with Gasteiger partial charge in [-0.25, -0.2) is 0 Å². The molecule has 0 unspecified atom stereocenters. The third-order valence-electron chi connectivity index (χ3n) is 5.02. The van der Waals surface area contributed by atoms with E-state index in [4.69, 9.17) is 9.47 Å². The molecule has 2 aliphatic heterocycles. The maximum Gasteiger partial charge on any atom is 0.223 e. The van der Waals surface area contributed by atoms with Crippen molar-refractivity contribution in [2.75, 3.05) is 6.61 Å². The fourth-order valence-electron chi connectivity index (χ4n) is 3.67. The molecule has 0 N–H and O–H groups in total. The molecule has 2 atom stereocenters. The Balaban J connectivity index is 1.66. The average molecular weight is 326 g/mol. The van der Waals surface area contributed by atoms with Gasteiger partial charge in [-0.1, -0.05) is 30.3 Å². The molecule has 3 heterocycles. The number of hydrogen-bond acceptors (Lipinski definition) is 4. The first kappa shape index (κ1) is 15.4. The molecule has 1 aromatic carbocycles. The molecule has 1 saturated heterocycles. The smallest absolute Gasteiger partial charge is 0.223 e. The van der Waals surface area contributed by atoms with Gasteiger partial charge in [-0.15, -0.1) is 0 Å². The Kier molecular flexibility index (Phi) is 3.70. The van der Waals surface area contributed by atoms with E-state index in [1.165, 1.54) is 0 Å². The average Bonchev–Trinajstić information content (AvgIpc) is 2.88. The van der Waals surface area contributed by atoms with Crippen molar-refractivity contribution >= 4 is 0 Å². The largest absolute Gasteiger partial charge is 0.483 e. The van der Waals surface area contributed by atoms with Crippen molar-refractivity contribution in [3.05, 3.63) is 64.1 Å². The summed E-state index contributed by atoms with van der Waals surface area (Å²) in [6.07, 6.45) is 1.85. The van der Waals surface area contributed by atoms with Gasteiger partial charge in [0.2, 0.25) is 5.43 Å². The fraction of sp³-hybridized carbons (Fsp3) is 0.421. The van der Waals surface area contributed by atoms with Crippen LogP contribution >= 0.6 is 0 Å². The monoisotopic (exact) mass is 326 g/mol. The zero-order chi connectivity index (χ0) is 16.7. The van der Waals surface area contributed by atoms with Gasteiger partial charge < -0.3 is 14.0 Å². The molecule has 0 amide bonds. The Bertz CT molecular complexity index is 802. The number of nitrogens with zero attached hydrogens (tertiary/aromatic N) is 2. The summed E-state index contributed by atoms with van der Waals surface area (Å²) in [5.41, 5.74) is 1.62. The van der Waals surface area contributed by atoms with E-state index < -0.39 is 0 Å². The number of ether oxygens (including phenoxy) is 2. The summed E-state index contributed by atoms with van der Waals surface area (Å²) in [6.45, 7) is 6.76. The molecule has 24 heavy (non-hydrogen) atoms. The second-order valence-corrected chi connectivity index (χ2v) is 6.82. The van der Waals surface area contributed by atoms with Gasteiger partial charge >= 0.3 is 0 Å². The van der Waals surface area contributed by atoms with E-state index in [0.29, 0.717) is 31.5 Å². The lowest BCUT2D eigenvalue weighted by Crippen LogP contribution is -2.52. The Morgan fingerprint density at radius 1 is 1.29 bits per heavy atom. The lowest BCUT2D eigenvalue weighted by Gasteiger charge is -2.41. The lowest BCUT2D eigenvalue weighted by atomic mass is 10.1. The van der Waals surface area contributed by atoms with E-state index in [2.05, 4.69) is 23.3 Å². The molecule has 1 aromatic heterocycles. The summed E-state index contributed by atoms with van der Waals surface area (Å²) in [5.74, 6) is 0.461. The van der Waals surface area contributed by atoms with Gasteiger partial charge in [0.15, 0.2) is 5.75 Å². The Hall–Kier alpha value is -2.11. The summed E-state index contributed by atoms with van der Waals surface area (Å²) in [4.78, 5) is 14.7. The van der Waals surface area contributed by atoms with Crippen molar-refractivity contribution in [1.29, 1.82) is 0 Å². The van der Waals surface area contributed by atoms with Gasteiger partial charge in [0.05, 0.1) is 18.8 Å². The third-order valence-corrected chi connectivity index (χ3v) is 5.02. The maximum atomic E-state index is 12.4. The van der Waals surface area contributed by atoms with Crippen LogP contribution in [0.5, 0.6) is 5.75 Å². The number of rotatable bonds is 3. The Morgan fingerprint density at radius 3 is 2.88 bits per heavy atom. The van der Waals surface area contributed by atoms with Crippen LogP contribution in [0.2, 0.25) is 0 Å². The zero-order valence-corrected chi connectivity index (χ0v) is 14.1. The molecule has 2 aliphatic rings. The molecule has 0 bridgehead atoms. The third kappa shape index (κ3) is 2.54. The van der Waals surface area contributed by atoms with Crippen molar-refractivity contribution in [1.82, 2.24) is 9.47 Å². The molecule has 2 aromatic rings. The fourth-order valence-corrected chi connectivity index (χ4v) is 3.67. The minimum atomic E-state index is -0.307. The minimum Gasteiger partial charge on any atom is -0.483 e. The maximum absolute atomic E-state index is 12.4. The molecule has 126 valence electrons. The summed E-state index contributed by atoms with van der Waals surface area (Å²) in [7, 11) is 0. The van der Waals surface area contributed by atoms with Crippen molar-refractivity contribution in [3.63, 3.8) is 0 Å². The normalized spacial score (nSPS) is 26.0. The van der Waals surface area contributed by atoms with Crippen LogP contribution in [0.15, 0.2) is 47.4 Å². The van der Waals surface area contributed by atoms with E-state index in [1.54, 1.807) is 6.07 Å². The van der Waals surface area contributed by atoms with Crippen molar-refractivity contribution in [2.24, 2.45) is 0 Å². The predicted molar refractivity (Wildman–Crippen MR) is 90.8 cm³/mol. The number of pyridine rings is 1. The van der Waals surface area contributed by atoms with E-state index in [1.807, 2.05) is 36.5 Å². The topological polar surface area (TPSA) is 43.7 Å². The summed E-state index contributed by atoms with van der Waals surface area (Å²) < 4.78 is 14.0. The highest BCUT2D eigenvalue weighted by atomic mass is 16.5. The second kappa shape index (κ2) is 5.76. The van der Waals surface area contributed by atoms with Crippen molar-refractivity contribution in [2.45, 2.75) is 45.3 Å². The molecule has 5 nitrogen and oxygen atoms in total. The number of aromatic nitrogens is 1. The molecule has 0 aliphatic carbocycles. The standard InChI is InChI=1S/C19H22N2O3/c1-14-11-24-19(2)13-20-9-8-17(22)18(16(20)10-21(14)19)23-12-15-6-4-3-5-7-15/h3-9,14H,10-13H2,1-2H3/t14-,19+/m0/s1. The zero-order valence-electron chi connectivity index (χ0n) is 14.1. The Labute approximate surface area is 141 Å². The van der Waals surface area contributed by atoms with Crippen LogP contribution in [0.3, 0.4) is 0 Å². The van der Waals surface area contributed by atoms with E-state index in [9.17, 15) is 4.79 Å². The van der Waals surface area contributed by atoms with Crippen LogP contribution in [-0.4, -0.2) is 27.8 Å². The highest BCUT2D eigenvalue weighted by molar-refractivity contribution is 5.31. The SMILES string of the molecule is C[C@H]1CO[C@]2(C)Cn3ccc(=O)c(OCc4ccccc4)c3CN12. The number of hydrogen-bond donors (Lipinski definition) is 0. The quantitative estimate of drug-likeness (QED) is 0.869. The molecule has 4 rings (SSSR count). The first-order chi connectivity index (χ1) is 11.6. The molecule has 0 saturated carbocycles. The molecular formula is C19H22N2O3. The molecule has 0 radical (unpaired) electrons. The molecule has 1 fully saturated rings. The van der Waals surface area contributed by atoms with Crippen LogP contribution in [0.1, 0.15) is 25.1 Å². The molecular weight excluding hydrogens is 304 g/mol. The van der Waals surface area contributed by atoms with Crippen LogP contribution < -0.4 is 10.2 Å². The van der Waals surface area contributed by atoms with Gasteiger partial charge in [0.25, 0.3) is 0 Å². The van der Waals surface area contributed by atoms with Crippen LogP contribution in [-0.2, 0) is 24.4 Å². The molecule has 5 heteroatoms. The van der Waals surface area contributed by atoms with Gasteiger partial charge in [-0.2, -0.15) is 0 Å². The highest BCUT2D eigenvalue weighted by Crippen LogP contribution is 2.36. The lowest BCUT2D eigenvalue weighted by molar-refractivity contribution is -0.0991. The second-order valence-electron chi connectivity index (χ2n) is 6.82. The van der Waals surface area contributed by atoms with E-state index in [-0.39, 0.29) is 11.2 Å². The summed E-state index contributed by atoms with van der Waals surface area (Å²) >= 11 is 0. The summed E-state index contributed by atoms with van der Waals surface area (Å²) in [6, 6.07) is 11.8. The number of benzene rings is 1. The highest BCUT2D eigenvalue weighted by Gasteiger charge is 2.46. The van der Waals surface area contributed by atoms with Gasteiger partial charge in [-0.3, -0.25) is 9.69 Å². The Morgan fingerprint density at radius 2 is 2.08 bits per heavy atom. The van der Waals surface area contributed by atoms with Crippen LogP contribution in [0.4, 0.5) is 0 Å². The van der Waals surface area contributed by atoms with E-state index in [0.717, 1.165) is 17.9 Å². The predicted octanol–water partition coefficient (Wildman–Crippen LogP) is 2.38. The van der Waals surface area contributed by atoms with Gasteiger partial charge in [0.1, 0.15) is 12.3 Å². The van der Waals surface area contributed by atoms with Gasteiger partial charge in [0, 0.05) is 24.8 Å². The minimum absolute atomic E-state index is 0.0615. The van der Waals surface area contributed by atoms with E-state index >= 15 is 0 Å². The van der Waals surface area contributed by atoms with Gasteiger partial charge in [-0.05, 0) is 19.4 Å². The summed E-state index contributed by atoms with van der Waals surface area (Å²) in [5, 5.41) is 0. The molecule has 0 spiro atoms. The van der Waals surface area contributed by atoms with Crippen LogP contribution in [0.25, 0.3) is 0 Å².